The maximum Gasteiger partial charge on any atom is 0.241 e. The first kappa shape index (κ1) is 22.5. The first-order valence-electron chi connectivity index (χ1n) is 9.36. The van der Waals surface area contributed by atoms with Crippen molar-refractivity contribution in [3.8, 4) is 11.5 Å². The minimum atomic E-state index is -3.61. The number of carbonyl (C=O) groups excluding carboxylic acids is 1. The summed E-state index contributed by atoms with van der Waals surface area (Å²) in [6, 6.07) is 14.0. The van der Waals surface area contributed by atoms with Gasteiger partial charge >= 0.3 is 0 Å². The molecule has 1 amide bonds. The summed E-state index contributed by atoms with van der Waals surface area (Å²) in [6.07, 6.45) is 1.76. The first-order valence-corrected chi connectivity index (χ1v) is 11.2. The van der Waals surface area contributed by atoms with Crippen LogP contribution in [0.2, 0.25) is 0 Å². The summed E-state index contributed by atoms with van der Waals surface area (Å²) >= 11 is 0. The van der Waals surface area contributed by atoms with Gasteiger partial charge in [-0.3, -0.25) is 9.10 Å². The SMILES string of the molecule is CCc1ccccc1N(CC(=O)N[C@@H](C)COc1ccc(OC)cc1)S(C)(=O)=O. The van der Waals surface area contributed by atoms with Crippen molar-refractivity contribution in [3.63, 3.8) is 0 Å². The maximum absolute atomic E-state index is 12.5. The number of anilines is 1. The van der Waals surface area contributed by atoms with Gasteiger partial charge in [0.05, 0.1) is 25.1 Å². The number of sulfonamides is 1. The second-order valence-corrected chi connectivity index (χ2v) is 8.61. The summed E-state index contributed by atoms with van der Waals surface area (Å²) < 4.78 is 36.5. The normalized spacial score (nSPS) is 12.1. The van der Waals surface area contributed by atoms with Crippen molar-refractivity contribution in [2.45, 2.75) is 26.3 Å². The molecule has 7 nitrogen and oxygen atoms in total. The van der Waals surface area contributed by atoms with Gasteiger partial charge in [-0.15, -0.1) is 0 Å². The molecule has 158 valence electrons. The molecule has 1 atom stereocenters. The Balaban J connectivity index is 1.98. The fourth-order valence-corrected chi connectivity index (χ4v) is 3.71. The van der Waals surface area contributed by atoms with E-state index in [0.29, 0.717) is 17.9 Å². The lowest BCUT2D eigenvalue weighted by atomic mass is 10.1. The second kappa shape index (κ2) is 10.2. The van der Waals surface area contributed by atoms with E-state index in [1.807, 2.05) is 19.1 Å². The number of amides is 1. The van der Waals surface area contributed by atoms with Crippen LogP contribution in [-0.2, 0) is 21.2 Å². The highest BCUT2D eigenvalue weighted by Gasteiger charge is 2.23. The Bertz CT molecular complexity index is 913. The van der Waals surface area contributed by atoms with E-state index in [4.69, 9.17) is 9.47 Å². The van der Waals surface area contributed by atoms with Crippen LogP contribution in [0.25, 0.3) is 0 Å². The molecule has 0 fully saturated rings. The molecule has 0 unspecified atom stereocenters. The number of para-hydroxylation sites is 1. The van der Waals surface area contributed by atoms with Gasteiger partial charge in [0.1, 0.15) is 24.7 Å². The molecule has 8 heteroatoms. The van der Waals surface area contributed by atoms with Crippen LogP contribution in [0.15, 0.2) is 48.5 Å². The van der Waals surface area contributed by atoms with Gasteiger partial charge in [0.15, 0.2) is 0 Å². The lowest BCUT2D eigenvalue weighted by molar-refractivity contribution is -0.120. The Morgan fingerprint density at radius 2 is 1.72 bits per heavy atom. The Labute approximate surface area is 172 Å². The molecular formula is C21H28N2O5S. The van der Waals surface area contributed by atoms with Gasteiger partial charge in [-0.1, -0.05) is 25.1 Å². The van der Waals surface area contributed by atoms with Crippen molar-refractivity contribution in [1.82, 2.24) is 5.32 Å². The zero-order valence-electron chi connectivity index (χ0n) is 17.2. The van der Waals surface area contributed by atoms with Crippen LogP contribution in [0.3, 0.4) is 0 Å². The van der Waals surface area contributed by atoms with Crippen LogP contribution < -0.4 is 19.1 Å². The molecule has 2 aromatic rings. The Hall–Kier alpha value is -2.74. The highest BCUT2D eigenvalue weighted by Crippen LogP contribution is 2.23. The van der Waals surface area contributed by atoms with Crippen LogP contribution >= 0.6 is 0 Å². The number of nitrogens with one attached hydrogen (secondary N) is 1. The molecule has 0 saturated carbocycles. The van der Waals surface area contributed by atoms with Crippen LogP contribution in [0.4, 0.5) is 5.69 Å². The van der Waals surface area contributed by atoms with E-state index >= 15 is 0 Å². The second-order valence-electron chi connectivity index (χ2n) is 6.71. The molecule has 2 aromatic carbocycles. The Morgan fingerprint density at radius 3 is 2.31 bits per heavy atom. The standard InChI is InChI=1S/C21H28N2O5S/c1-5-17-8-6-7-9-20(17)23(29(4,25)26)14-21(24)22-16(2)15-28-19-12-10-18(27-3)11-13-19/h6-13,16H,5,14-15H2,1-4H3,(H,22,24)/t16-/m0/s1. The fourth-order valence-electron chi connectivity index (χ4n) is 2.82. The maximum atomic E-state index is 12.5. The van der Waals surface area contributed by atoms with Gasteiger partial charge < -0.3 is 14.8 Å². The van der Waals surface area contributed by atoms with E-state index in [1.165, 1.54) is 0 Å². The zero-order chi connectivity index (χ0) is 21.4. The molecule has 2 rings (SSSR count). The summed E-state index contributed by atoms with van der Waals surface area (Å²) in [7, 11) is -2.02. The number of benzene rings is 2. The predicted octanol–water partition coefficient (Wildman–Crippen LogP) is 2.61. The largest absolute Gasteiger partial charge is 0.497 e. The monoisotopic (exact) mass is 420 g/mol. The Morgan fingerprint density at radius 1 is 1.10 bits per heavy atom. The van der Waals surface area contributed by atoms with Crippen molar-refractivity contribution in [3.05, 3.63) is 54.1 Å². The Kier molecular flexibility index (Phi) is 7.90. The average Bonchev–Trinajstić information content (AvgIpc) is 2.70. The first-order chi connectivity index (χ1) is 13.7. The van der Waals surface area contributed by atoms with Gasteiger partial charge in [0.25, 0.3) is 0 Å². The topological polar surface area (TPSA) is 84.9 Å². The summed E-state index contributed by atoms with van der Waals surface area (Å²) in [6.45, 7) is 3.70. The van der Waals surface area contributed by atoms with Gasteiger partial charge in [0.2, 0.25) is 15.9 Å². The van der Waals surface area contributed by atoms with Crippen LogP contribution in [0, 0.1) is 0 Å². The number of methoxy groups -OCH3 is 1. The third-order valence-corrected chi connectivity index (χ3v) is 5.42. The number of rotatable bonds is 10. The van der Waals surface area contributed by atoms with Gasteiger partial charge in [-0.05, 0) is 49.2 Å². The number of hydrogen-bond donors (Lipinski definition) is 1. The van der Waals surface area contributed by atoms with E-state index in [1.54, 1.807) is 50.4 Å². The van der Waals surface area contributed by atoms with E-state index in [-0.39, 0.29) is 19.2 Å². The molecule has 0 radical (unpaired) electrons. The summed E-state index contributed by atoms with van der Waals surface area (Å²) in [5.74, 6) is 0.987. The molecule has 0 saturated heterocycles. The fraction of sp³-hybridized carbons (Fsp3) is 0.381. The van der Waals surface area contributed by atoms with Gasteiger partial charge in [0, 0.05) is 0 Å². The molecule has 29 heavy (non-hydrogen) atoms. The minimum Gasteiger partial charge on any atom is -0.497 e. The van der Waals surface area contributed by atoms with Crippen LogP contribution in [-0.4, -0.2) is 46.9 Å². The van der Waals surface area contributed by atoms with E-state index in [2.05, 4.69) is 5.32 Å². The summed E-state index contributed by atoms with van der Waals surface area (Å²) in [5.41, 5.74) is 1.39. The molecule has 0 aliphatic carbocycles. The van der Waals surface area contributed by atoms with Crippen molar-refractivity contribution >= 4 is 21.6 Å². The van der Waals surface area contributed by atoms with E-state index < -0.39 is 15.9 Å². The van der Waals surface area contributed by atoms with Gasteiger partial charge in [-0.2, -0.15) is 0 Å². The molecule has 0 aliphatic rings. The number of hydrogen-bond acceptors (Lipinski definition) is 5. The molecule has 0 heterocycles. The predicted molar refractivity (Wildman–Crippen MR) is 114 cm³/mol. The smallest absolute Gasteiger partial charge is 0.241 e. The molecule has 0 bridgehead atoms. The molecule has 0 aromatic heterocycles. The van der Waals surface area contributed by atoms with Gasteiger partial charge in [-0.25, -0.2) is 8.42 Å². The number of ether oxygens (including phenoxy) is 2. The van der Waals surface area contributed by atoms with Crippen molar-refractivity contribution in [1.29, 1.82) is 0 Å². The molecule has 0 aliphatic heterocycles. The number of aryl methyl sites for hydroxylation is 1. The number of carbonyl (C=O) groups is 1. The van der Waals surface area contributed by atoms with E-state index in [0.717, 1.165) is 21.9 Å². The van der Waals surface area contributed by atoms with Crippen molar-refractivity contribution in [2.75, 3.05) is 30.8 Å². The molecule has 1 N–H and O–H groups in total. The van der Waals surface area contributed by atoms with Crippen molar-refractivity contribution in [2.24, 2.45) is 0 Å². The van der Waals surface area contributed by atoms with Crippen molar-refractivity contribution < 1.29 is 22.7 Å². The lowest BCUT2D eigenvalue weighted by Gasteiger charge is -2.25. The van der Waals surface area contributed by atoms with Crippen LogP contribution in [0.5, 0.6) is 11.5 Å². The highest BCUT2D eigenvalue weighted by atomic mass is 32.2. The summed E-state index contributed by atoms with van der Waals surface area (Å²) in [4.78, 5) is 12.5. The molecular weight excluding hydrogens is 392 g/mol. The number of nitrogens with zero attached hydrogens (tertiary/aromatic N) is 1. The minimum absolute atomic E-state index is 0.252. The third kappa shape index (κ3) is 6.67. The lowest BCUT2D eigenvalue weighted by Crippen LogP contribution is -2.45. The highest BCUT2D eigenvalue weighted by molar-refractivity contribution is 7.92. The quantitative estimate of drug-likeness (QED) is 0.639. The third-order valence-electron chi connectivity index (χ3n) is 4.30. The van der Waals surface area contributed by atoms with E-state index in [9.17, 15) is 13.2 Å². The molecule has 0 spiro atoms. The van der Waals surface area contributed by atoms with Crippen LogP contribution in [0.1, 0.15) is 19.4 Å². The zero-order valence-corrected chi connectivity index (χ0v) is 18.0. The average molecular weight is 421 g/mol. The summed E-state index contributed by atoms with van der Waals surface area (Å²) in [5, 5.41) is 2.79.